The van der Waals surface area contributed by atoms with Crippen molar-refractivity contribution in [2.75, 3.05) is 31.4 Å². The van der Waals surface area contributed by atoms with E-state index < -0.39 is 0 Å². The number of nitrogens with one attached hydrogen (secondary N) is 1. The van der Waals surface area contributed by atoms with Gasteiger partial charge in [-0.15, -0.1) is 0 Å². The second-order valence-electron chi connectivity index (χ2n) is 4.60. The zero-order chi connectivity index (χ0) is 14.5. The highest BCUT2D eigenvalue weighted by molar-refractivity contribution is 14.1. The van der Waals surface area contributed by atoms with Crippen LogP contribution < -0.4 is 15.0 Å². The van der Waals surface area contributed by atoms with Gasteiger partial charge in [-0.25, -0.2) is 4.98 Å². The molecular formula is C15H18IN3O. The lowest BCUT2D eigenvalue weighted by molar-refractivity contribution is 0.414. The molecule has 1 aromatic carbocycles. The average molecular weight is 383 g/mol. The minimum atomic E-state index is 0.722. The average Bonchev–Trinajstić information content (AvgIpc) is 2.46. The van der Waals surface area contributed by atoms with Crippen LogP contribution in [0.5, 0.6) is 5.75 Å². The van der Waals surface area contributed by atoms with Crippen molar-refractivity contribution in [3.05, 3.63) is 45.7 Å². The molecule has 0 aliphatic heterocycles. The van der Waals surface area contributed by atoms with E-state index in [9.17, 15) is 0 Å². The van der Waals surface area contributed by atoms with E-state index in [0.29, 0.717) is 0 Å². The van der Waals surface area contributed by atoms with E-state index in [-0.39, 0.29) is 0 Å². The van der Waals surface area contributed by atoms with E-state index >= 15 is 0 Å². The predicted molar refractivity (Wildman–Crippen MR) is 91.6 cm³/mol. The molecule has 5 heteroatoms. The molecule has 0 aliphatic rings. The molecule has 0 spiro atoms. The summed E-state index contributed by atoms with van der Waals surface area (Å²) in [6, 6.07) is 10.1. The summed E-state index contributed by atoms with van der Waals surface area (Å²) in [5, 5.41) is 3.35. The molecule has 0 unspecified atom stereocenters. The zero-order valence-corrected chi connectivity index (χ0v) is 14.0. The van der Waals surface area contributed by atoms with Crippen molar-refractivity contribution in [1.82, 2.24) is 4.98 Å². The molecule has 0 amide bonds. The highest BCUT2D eigenvalue weighted by Crippen LogP contribution is 2.21. The van der Waals surface area contributed by atoms with Crippen molar-refractivity contribution < 1.29 is 4.74 Å². The molecule has 0 aliphatic carbocycles. The molecule has 4 nitrogen and oxygen atoms in total. The summed E-state index contributed by atoms with van der Waals surface area (Å²) in [6.45, 7) is 0.722. The Labute approximate surface area is 133 Å². The Kier molecular flexibility index (Phi) is 5.05. The maximum absolute atomic E-state index is 5.26. The maximum Gasteiger partial charge on any atom is 0.128 e. The van der Waals surface area contributed by atoms with Gasteiger partial charge in [-0.3, -0.25) is 0 Å². The van der Waals surface area contributed by atoms with Crippen LogP contribution in [0.4, 0.5) is 11.5 Å². The van der Waals surface area contributed by atoms with E-state index in [1.807, 2.05) is 44.6 Å². The molecule has 1 aromatic heterocycles. The third-order valence-corrected chi connectivity index (χ3v) is 4.03. The summed E-state index contributed by atoms with van der Waals surface area (Å²) >= 11 is 2.33. The summed E-state index contributed by atoms with van der Waals surface area (Å²) in [5.74, 6) is 1.74. The van der Waals surface area contributed by atoms with Crippen molar-refractivity contribution in [2.45, 2.75) is 6.54 Å². The molecule has 0 saturated heterocycles. The summed E-state index contributed by atoms with van der Waals surface area (Å²) in [5.41, 5.74) is 2.32. The Morgan fingerprint density at radius 1 is 1.25 bits per heavy atom. The van der Waals surface area contributed by atoms with Crippen molar-refractivity contribution >= 4 is 34.1 Å². The molecule has 0 saturated carbocycles. The van der Waals surface area contributed by atoms with Gasteiger partial charge in [-0.05, 0) is 52.4 Å². The molecule has 1 heterocycles. The zero-order valence-electron chi connectivity index (χ0n) is 11.9. The van der Waals surface area contributed by atoms with Crippen molar-refractivity contribution in [3.8, 4) is 5.75 Å². The van der Waals surface area contributed by atoms with Gasteiger partial charge in [0.2, 0.25) is 0 Å². The number of hydrogen-bond donors (Lipinski definition) is 1. The van der Waals surface area contributed by atoms with Gasteiger partial charge in [0, 0.05) is 42.2 Å². The van der Waals surface area contributed by atoms with E-state index in [0.717, 1.165) is 23.8 Å². The van der Waals surface area contributed by atoms with Gasteiger partial charge in [0.15, 0.2) is 0 Å². The molecule has 0 fully saturated rings. The Morgan fingerprint density at radius 2 is 2.05 bits per heavy atom. The van der Waals surface area contributed by atoms with Crippen LogP contribution in [0.3, 0.4) is 0 Å². The minimum absolute atomic E-state index is 0.722. The van der Waals surface area contributed by atoms with Crippen molar-refractivity contribution in [1.29, 1.82) is 0 Å². The number of rotatable bonds is 5. The Hall–Kier alpha value is -1.50. The van der Waals surface area contributed by atoms with Gasteiger partial charge in [0.1, 0.15) is 11.6 Å². The van der Waals surface area contributed by atoms with Gasteiger partial charge in [-0.2, -0.15) is 0 Å². The van der Waals surface area contributed by atoms with Gasteiger partial charge >= 0.3 is 0 Å². The van der Waals surface area contributed by atoms with E-state index in [2.05, 4.69) is 43.9 Å². The number of pyridine rings is 1. The molecule has 0 radical (unpaired) electrons. The van der Waals surface area contributed by atoms with Crippen LogP contribution in [0.1, 0.15) is 5.56 Å². The normalized spacial score (nSPS) is 10.2. The predicted octanol–water partition coefficient (Wildman–Crippen LogP) is 3.37. The molecule has 0 bridgehead atoms. The Morgan fingerprint density at radius 3 is 2.75 bits per heavy atom. The molecule has 2 rings (SSSR count). The fraction of sp³-hybridized carbons (Fsp3) is 0.267. The van der Waals surface area contributed by atoms with Crippen LogP contribution >= 0.6 is 22.6 Å². The number of halogens is 1. The lowest BCUT2D eigenvalue weighted by Crippen LogP contribution is -2.10. The summed E-state index contributed by atoms with van der Waals surface area (Å²) in [6.07, 6.45) is 1.81. The van der Waals surface area contributed by atoms with Crippen LogP contribution in [-0.4, -0.2) is 26.2 Å². The topological polar surface area (TPSA) is 37.4 Å². The quantitative estimate of drug-likeness (QED) is 0.804. The monoisotopic (exact) mass is 383 g/mol. The first-order valence-corrected chi connectivity index (χ1v) is 7.37. The molecule has 106 valence electrons. The number of aromatic nitrogens is 1. The third kappa shape index (κ3) is 3.75. The fourth-order valence-electron chi connectivity index (χ4n) is 1.79. The number of hydrogen-bond acceptors (Lipinski definition) is 4. The van der Waals surface area contributed by atoms with Gasteiger partial charge in [-0.1, -0.05) is 0 Å². The summed E-state index contributed by atoms with van der Waals surface area (Å²) < 4.78 is 6.47. The smallest absolute Gasteiger partial charge is 0.128 e. The first-order valence-electron chi connectivity index (χ1n) is 6.30. The molecule has 1 N–H and O–H groups in total. The number of ether oxygens (including phenoxy) is 1. The maximum atomic E-state index is 5.26. The van der Waals surface area contributed by atoms with Crippen LogP contribution in [0.2, 0.25) is 0 Å². The molecule has 20 heavy (non-hydrogen) atoms. The van der Waals surface area contributed by atoms with E-state index in [4.69, 9.17) is 4.74 Å². The fourth-order valence-corrected chi connectivity index (χ4v) is 2.32. The lowest BCUT2D eigenvalue weighted by Gasteiger charge is -2.14. The second-order valence-corrected chi connectivity index (χ2v) is 5.77. The number of nitrogens with zero attached hydrogens (tertiary/aromatic N) is 2. The van der Waals surface area contributed by atoms with Gasteiger partial charge in [0.05, 0.1) is 7.11 Å². The number of benzene rings is 1. The van der Waals surface area contributed by atoms with Crippen LogP contribution in [0.25, 0.3) is 0 Å². The summed E-state index contributed by atoms with van der Waals surface area (Å²) in [7, 11) is 5.72. The van der Waals surface area contributed by atoms with Gasteiger partial charge in [0.25, 0.3) is 0 Å². The Bertz CT molecular complexity index is 587. The van der Waals surface area contributed by atoms with E-state index in [1.54, 1.807) is 7.11 Å². The van der Waals surface area contributed by atoms with Crippen LogP contribution in [-0.2, 0) is 6.54 Å². The highest BCUT2D eigenvalue weighted by Gasteiger charge is 2.04. The van der Waals surface area contributed by atoms with Gasteiger partial charge < -0.3 is 15.0 Å². The third-order valence-electron chi connectivity index (χ3n) is 2.97. The first kappa shape index (κ1) is 14.9. The largest absolute Gasteiger partial charge is 0.497 e. The highest BCUT2D eigenvalue weighted by atomic mass is 127. The first-order chi connectivity index (χ1) is 9.60. The van der Waals surface area contributed by atoms with Crippen molar-refractivity contribution in [3.63, 3.8) is 0 Å². The molecular weight excluding hydrogens is 365 g/mol. The number of anilines is 2. The standard InChI is InChI=1S/C15H18IN3O/c1-19(2)12-6-7-17-15(9-12)18-10-11-8-13(20-3)4-5-14(11)16/h4-9H,10H2,1-3H3,(H,17,18). The second kappa shape index (κ2) is 6.78. The lowest BCUT2D eigenvalue weighted by atomic mass is 10.2. The Balaban J connectivity index is 2.10. The minimum Gasteiger partial charge on any atom is -0.497 e. The molecule has 2 aromatic rings. The molecule has 0 atom stereocenters. The summed E-state index contributed by atoms with van der Waals surface area (Å²) in [4.78, 5) is 6.40. The van der Waals surface area contributed by atoms with Crippen molar-refractivity contribution in [2.24, 2.45) is 0 Å². The van der Waals surface area contributed by atoms with E-state index in [1.165, 1.54) is 9.13 Å². The number of methoxy groups -OCH3 is 1. The van der Waals surface area contributed by atoms with Crippen LogP contribution in [0, 0.1) is 3.57 Å². The van der Waals surface area contributed by atoms with Crippen LogP contribution in [0.15, 0.2) is 36.5 Å². The SMILES string of the molecule is COc1ccc(I)c(CNc2cc(N(C)C)ccn2)c1.